The van der Waals surface area contributed by atoms with Gasteiger partial charge in [0.25, 0.3) is 0 Å². The molecule has 1 aliphatic heterocycles. The molecule has 1 atom stereocenters. The average Bonchev–Trinajstić information content (AvgIpc) is 3.03. The minimum Gasteiger partial charge on any atom is -0.495 e. The van der Waals surface area contributed by atoms with E-state index in [1.165, 1.54) is 0 Å². The second kappa shape index (κ2) is 13.3. The highest BCUT2D eigenvalue weighted by Crippen LogP contribution is 2.33. The lowest BCUT2D eigenvalue weighted by atomic mass is 10.1. The first-order valence-electron chi connectivity index (χ1n) is 8.72. The number of amides is 1. The lowest BCUT2D eigenvalue weighted by Crippen LogP contribution is -2.37. The molecule has 8 heteroatoms. The molecular weight excluding hydrogens is 397 g/mol. The number of hydrogen-bond acceptors (Lipinski definition) is 4. The maximum atomic E-state index is 12.1. The van der Waals surface area contributed by atoms with Crippen molar-refractivity contribution in [1.82, 2.24) is 5.32 Å². The molecule has 1 unspecified atom stereocenters. The fourth-order valence-corrected chi connectivity index (χ4v) is 3.26. The fourth-order valence-electron chi connectivity index (χ4n) is 3.09. The molecule has 3 N–H and O–H groups in total. The number of benzene rings is 1. The van der Waals surface area contributed by atoms with Crippen LogP contribution in [-0.2, 0) is 4.79 Å². The van der Waals surface area contributed by atoms with Gasteiger partial charge in [0.2, 0.25) is 5.91 Å². The molecule has 0 radical (unpaired) electrons. The fraction of sp³-hybridized carbons (Fsp3) is 0.611. The molecule has 5 nitrogen and oxygen atoms in total. The molecule has 0 aromatic heterocycles. The van der Waals surface area contributed by atoms with Crippen molar-refractivity contribution in [1.29, 1.82) is 0 Å². The molecule has 0 saturated carbocycles. The topological polar surface area (TPSA) is 67.6 Å². The van der Waals surface area contributed by atoms with Gasteiger partial charge in [0, 0.05) is 30.6 Å². The molecule has 0 aliphatic carbocycles. The summed E-state index contributed by atoms with van der Waals surface area (Å²) in [6.45, 7) is 2.41. The second-order valence-electron chi connectivity index (χ2n) is 6.27. The summed E-state index contributed by atoms with van der Waals surface area (Å²) in [6.07, 6.45) is 5.69. The number of nitrogens with zero attached hydrogens (tertiary/aromatic N) is 1. The Labute approximate surface area is 173 Å². The molecule has 1 fully saturated rings. The zero-order chi connectivity index (χ0) is 17.4. The van der Waals surface area contributed by atoms with Crippen LogP contribution >= 0.6 is 36.4 Å². The van der Waals surface area contributed by atoms with Crippen molar-refractivity contribution in [3.63, 3.8) is 0 Å². The van der Waals surface area contributed by atoms with Crippen LogP contribution in [0.25, 0.3) is 0 Å². The molecule has 1 aromatic carbocycles. The summed E-state index contributed by atoms with van der Waals surface area (Å²) >= 11 is 6.11. The Balaban J connectivity index is 0.00000312. The van der Waals surface area contributed by atoms with Crippen LogP contribution in [-0.4, -0.2) is 38.7 Å². The summed E-state index contributed by atoms with van der Waals surface area (Å²) in [7, 11) is 1.66. The molecule has 0 spiro atoms. The Morgan fingerprint density at radius 1 is 1.31 bits per heavy atom. The minimum atomic E-state index is 0. The second-order valence-corrected chi connectivity index (χ2v) is 6.70. The maximum Gasteiger partial charge on any atom is 0.220 e. The summed E-state index contributed by atoms with van der Waals surface area (Å²) < 4.78 is 5.42. The number of anilines is 1. The van der Waals surface area contributed by atoms with Gasteiger partial charge in [-0.15, -0.1) is 24.8 Å². The van der Waals surface area contributed by atoms with E-state index >= 15 is 0 Å². The Hall–Kier alpha value is -0.880. The van der Waals surface area contributed by atoms with Crippen molar-refractivity contribution < 1.29 is 9.53 Å². The molecule has 1 saturated heterocycles. The van der Waals surface area contributed by atoms with Crippen LogP contribution < -0.4 is 20.7 Å². The lowest BCUT2D eigenvalue weighted by Gasteiger charge is -2.21. The van der Waals surface area contributed by atoms with E-state index in [2.05, 4.69) is 10.2 Å². The molecule has 26 heavy (non-hydrogen) atoms. The SMILES string of the molecule is COc1ccc(Cl)cc1N1CCC(NC(=O)CCCCCCN)C1.Cl.Cl. The van der Waals surface area contributed by atoms with E-state index in [9.17, 15) is 4.79 Å². The average molecular weight is 427 g/mol. The smallest absolute Gasteiger partial charge is 0.220 e. The first-order chi connectivity index (χ1) is 11.6. The van der Waals surface area contributed by atoms with Gasteiger partial charge in [-0.2, -0.15) is 0 Å². The Bertz CT molecular complexity index is 546. The van der Waals surface area contributed by atoms with Crippen LogP contribution in [0.5, 0.6) is 5.75 Å². The van der Waals surface area contributed by atoms with Crippen molar-refractivity contribution in [2.45, 2.75) is 44.6 Å². The van der Waals surface area contributed by atoms with Gasteiger partial charge < -0.3 is 20.7 Å². The van der Waals surface area contributed by atoms with Gasteiger partial charge in [-0.25, -0.2) is 0 Å². The van der Waals surface area contributed by atoms with Gasteiger partial charge in [-0.05, 0) is 44.0 Å². The van der Waals surface area contributed by atoms with Crippen LogP contribution in [0.3, 0.4) is 0 Å². The number of rotatable bonds is 9. The lowest BCUT2D eigenvalue weighted by molar-refractivity contribution is -0.121. The van der Waals surface area contributed by atoms with Gasteiger partial charge in [0.15, 0.2) is 0 Å². The van der Waals surface area contributed by atoms with Crippen LogP contribution in [0.1, 0.15) is 38.5 Å². The van der Waals surface area contributed by atoms with Crippen molar-refractivity contribution >= 4 is 48.0 Å². The Kier molecular flexibility index (Phi) is 12.9. The van der Waals surface area contributed by atoms with Crippen molar-refractivity contribution in [3.8, 4) is 5.75 Å². The van der Waals surface area contributed by atoms with Gasteiger partial charge in [-0.1, -0.05) is 24.4 Å². The van der Waals surface area contributed by atoms with E-state index in [0.717, 1.165) is 63.2 Å². The number of unbranched alkanes of at least 4 members (excludes halogenated alkanes) is 3. The third-order valence-electron chi connectivity index (χ3n) is 4.39. The summed E-state index contributed by atoms with van der Waals surface area (Å²) in [5.41, 5.74) is 6.46. The first-order valence-corrected chi connectivity index (χ1v) is 9.09. The standard InChI is InChI=1S/C18H28ClN3O2.2ClH/c1-24-17-8-7-14(19)12-16(17)22-11-9-15(13-22)21-18(23)6-4-2-3-5-10-20;;/h7-8,12,15H,2-6,9-11,13,20H2,1H3,(H,21,23);2*1H. The molecular formula is C18H30Cl3N3O2. The molecule has 1 amide bonds. The summed E-state index contributed by atoms with van der Waals surface area (Å²) in [5, 5.41) is 3.83. The molecule has 1 aliphatic rings. The minimum absolute atomic E-state index is 0. The zero-order valence-electron chi connectivity index (χ0n) is 15.2. The number of carbonyl (C=O) groups is 1. The van der Waals surface area contributed by atoms with Crippen molar-refractivity contribution in [2.75, 3.05) is 31.6 Å². The number of ether oxygens (including phenoxy) is 1. The number of nitrogens with two attached hydrogens (primary N) is 1. The monoisotopic (exact) mass is 425 g/mol. The highest BCUT2D eigenvalue weighted by Gasteiger charge is 2.25. The van der Waals surface area contributed by atoms with E-state index in [0.29, 0.717) is 11.4 Å². The summed E-state index contributed by atoms with van der Waals surface area (Å²) in [5.74, 6) is 0.957. The zero-order valence-corrected chi connectivity index (χ0v) is 17.6. The van der Waals surface area contributed by atoms with Gasteiger partial charge in [0.05, 0.1) is 12.8 Å². The number of carbonyl (C=O) groups excluding carboxylic acids is 1. The van der Waals surface area contributed by atoms with E-state index in [-0.39, 0.29) is 36.8 Å². The van der Waals surface area contributed by atoms with Crippen LogP contribution in [0, 0.1) is 0 Å². The van der Waals surface area contributed by atoms with Gasteiger partial charge in [0.1, 0.15) is 5.75 Å². The van der Waals surface area contributed by atoms with Crippen LogP contribution in [0.2, 0.25) is 5.02 Å². The number of nitrogens with one attached hydrogen (secondary N) is 1. The highest BCUT2D eigenvalue weighted by molar-refractivity contribution is 6.30. The largest absolute Gasteiger partial charge is 0.495 e. The molecule has 0 bridgehead atoms. The molecule has 150 valence electrons. The number of hydrogen-bond donors (Lipinski definition) is 2. The Morgan fingerprint density at radius 2 is 2.04 bits per heavy atom. The molecule has 1 aromatic rings. The van der Waals surface area contributed by atoms with E-state index in [1.807, 2.05) is 18.2 Å². The summed E-state index contributed by atoms with van der Waals surface area (Å²) in [6, 6.07) is 5.81. The van der Waals surface area contributed by atoms with E-state index < -0.39 is 0 Å². The van der Waals surface area contributed by atoms with Crippen molar-refractivity contribution in [3.05, 3.63) is 23.2 Å². The quantitative estimate of drug-likeness (QED) is 0.589. The predicted molar refractivity (Wildman–Crippen MR) is 113 cm³/mol. The molecule has 1 heterocycles. The third-order valence-corrected chi connectivity index (χ3v) is 4.63. The maximum absolute atomic E-state index is 12.1. The van der Waals surface area contributed by atoms with Gasteiger partial charge >= 0.3 is 0 Å². The normalized spacial score (nSPS) is 15.8. The number of methoxy groups -OCH3 is 1. The number of halogens is 3. The van der Waals surface area contributed by atoms with Crippen LogP contribution in [0.15, 0.2) is 18.2 Å². The van der Waals surface area contributed by atoms with Gasteiger partial charge in [-0.3, -0.25) is 4.79 Å². The predicted octanol–water partition coefficient (Wildman–Crippen LogP) is 3.80. The highest BCUT2D eigenvalue weighted by atomic mass is 35.5. The van der Waals surface area contributed by atoms with E-state index in [1.54, 1.807) is 7.11 Å². The third kappa shape index (κ3) is 7.78. The molecule has 2 rings (SSSR count). The first kappa shape index (κ1) is 25.1. The summed E-state index contributed by atoms with van der Waals surface area (Å²) in [4.78, 5) is 14.3. The van der Waals surface area contributed by atoms with Crippen molar-refractivity contribution in [2.24, 2.45) is 5.73 Å². The van der Waals surface area contributed by atoms with Crippen LogP contribution in [0.4, 0.5) is 5.69 Å². The van der Waals surface area contributed by atoms with E-state index in [4.69, 9.17) is 22.1 Å². The Morgan fingerprint density at radius 3 is 2.73 bits per heavy atom.